The largest absolute Gasteiger partial charge is 0.335 e. The van der Waals surface area contributed by atoms with E-state index in [0.29, 0.717) is 11.4 Å². The topological polar surface area (TPSA) is 124 Å². The highest BCUT2D eigenvalue weighted by Crippen LogP contribution is 2.11. The number of hydrogen-bond donors (Lipinski definition) is 2. The van der Waals surface area contributed by atoms with Crippen LogP contribution >= 0.6 is 12.4 Å². The Balaban J connectivity index is 0.00000200. The quantitative estimate of drug-likeness (QED) is 0.376. The number of nitrogens with one attached hydrogen (secondary N) is 1. The molecular formula is C10H12ClN7O2. The number of aryl methyl sites for hydroxylation is 1. The van der Waals surface area contributed by atoms with Crippen molar-refractivity contribution in [2.45, 2.75) is 6.92 Å². The van der Waals surface area contributed by atoms with Crippen LogP contribution in [0, 0.1) is 17.0 Å². The number of nitrogen functional groups attached to an aromatic ring is 1. The standard InChI is InChI=1S/C10H11N7O2.ClH/c1-7-13-15-10(16(7)11)14-12-6-8-3-2-4-9(5-8)17(18)19;/h2-6H,11H2,1H3,(H,14,15);1H/b12-6+;. The van der Waals surface area contributed by atoms with E-state index in [0.717, 1.165) is 0 Å². The molecule has 20 heavy (non-hydrogen) atoms. The Morgan fingerprint density at radius 3 is 2.85 bits per heavy atom. The summed E-state index contributed by atoms with van der Waals surface area (Å²) in [5.74, 6) is 6.42. The van der Waals surface area contributed by atoms with Crippen molar-refractivity contribution in [3.05, 3.63) is 45.8 Å². The Hall–Kier alpha value is -2.68. The number of nitrogens with zero attached hydrogens (tertiary/aromatic N) is 5. The van der Waals surface area contributed by atoms with Crippen LogP contribution in [0.25, 0.3) is 0 Å². The lowest BCUT2D eigenvalue weighted by atomic mass is 10.2. The van der Waals surface area contributed by atoms with Crippen LogP contribution in [0.2, 0.25) is 0 Å². The van der Waals surface area contributed by atoms with Gasteiger partial charge in [-0.15, -0.1) is 22.6 Å². The number of anilines is 1. The number of non-ortho nitro benzene ring substituents is 1. The fourth-order valence-corrected chi connectivity index (χ4v) is 1.33. The van der Waals surface area contributed by atoms with E-state index in [1.807, 2.05) is 0 Å². The first-order chi connectivity index (χ1) is 9.08. The maximum Gasteiger partial charge on any atom is 0.270 e. The summed E-state index contributed by atoms with van der Waals surface area (Å²) < 4.78 is 1.24. The summed E-state index contributed by atoms with van der Waals surface area (Å²) in [4.78, 5) is 10.1. The molecule has 0 unspecified atom stereocenters. The van der Waals surface area contributed by atoms with Gasteiger partial charge in [-0.3, -0.25) is 10.1 Å². The zero-order chi connectivity index (χ0) is 13.8. The van der Waals surface area contributed by atoms with E-state index in [9.17, 15) is 10.1 Å². The van der Waals surface area contributed by atoms with Gasteiger partial charge in [0.1, 0.15) is 0 Å². The number of halogens is 1. The Morgan fingerprint density at radius 2 is 2.25 bits per heavy atom. The number of hydrogen-bond acceptors (Lipinski definition) is 7. The summed E-state index contributed by atoms with van der Waals surface area (Å²) in [5, 5.41) is 22.0. The summed E-state index contributed by atoms with van der Waals surface area (Å²) >= 11 is 0. The maximum atomic E-state index is 10.6. The van der Waals surface area contributed by atoms with Gasteiger partial charge in [0.15, 0.2) is 5.82 Å². The molecule has 2 aromatic rings. The molecule has 0 atom stereocenters. The van der Waals surface area contributed by atoms with Gasteiger partial charge in [0, 0.05) is 17.7 Å². The first kappa shape index (κ1) is 15.4. The lowest BCUT2D eigenvalue weighted by Gasteiger charge is -1.99. The highest BCUT2D eigenvalue weighted by Gasteiger charge is 2.05. The summed E-state index contributed by atoms with van der Waals surface area (Å²) in [6, 6.07) is 6.08. The van der Waals surface area contributed by atoms with Crippen LogP contribution in [0.4, 0.5) is 11.6 Å². The van der Waals surface area contributed by atoms with Gasteiger partial charge in [-0.2, -0.15) is 5.10 Å². The summed E-state index contributed by atoms with van der Waals surface area (Å²) in [7, 11) is 0. The number of nitrogens with two attached hydrogens (primary N) is 1. The Morgan fingerprint density at radius 1 is 1.50 bits per heavy atom. The lowest BCUT2D eigenvalue weighted by Crippen LogP contribution is -2.13. The molecule has 1 aromatic carbocycles. The van der Waals surface area contributed by atoms with E-state index in [2.05, 4.69) is 20.7 Å². The van der Waals surface area contributed by atoms with Crippen LogP contribution < -0.4 is 11.3 Å². The van der Waals surface area contributed by atoms with Crippen molar-refractivity contribution < 1.29 is 4.92 Å². The van der Waals surface area contributed by atoms with Gasteiger partial charge in [0.2, 0.25) is 0 Å². The van der Waals surface area contributed by atoms with Crippen LogP contribution in [0.1, 0.15) is 11.4 Å². The molecule has 0 spiro atoms. The van der Waals surface area contributed by atoms with Crippen LogP contribution in [-0.2, 0) is 0 Å². The molecule has 0 aliphatic rings. The van der Waals surface area contributed by atoms with Crippen molar-refractivity contribution in [1.29, 1.82) is 0 Å². The molecule has 2 rings (SSSR count). The van der Waals surface area contributed by atoms with E-state index in [4.69, 9.17) is 5.84 Å². The van der Waals surface area contributed by atoms with Crippen LogP contribution in [-0.4, -0.2) is 26.0 Å². The fraction of sp³-hybridized carbons (Fsp3) is 0.100. The second kappa shape index (κ2) is 6.48. The van der Waals surface area contributed by atoms with Gasteiger partial charge in [-0.05, 0) is 6.92 Å². The highest BCUT2D eigenvalue weighted by molar-refractivity contribution is 5.85. The third-order valence-corrected chi connectivity index (χ3v) is 2.33. The average molecular weight is 298 g/mol. The summed E-state index contributed by atoms with van der Waals surface area (Å²) in [6.07, 6.45) is 1.43. The van der Waals surface area contributed by atoms with Gasteiger partial charge >= 0.3 is 0 Å². The number of benzene rings is 1. The maximum absolute atomic E-state index is 10.6. The van der Waals surface area contributed by atoms with E-state index in [-0.39, 0.29) is 24.0 Å². The number of nitro groups is 1. The smallest absolute Gasteiger partial charge is 0.270 e. The van der Waals surface area contributed by atoms with E-state index >= 15 is 0 Å². The third-order valence-electron chi connectivity index (χ3n) is 2.33. The number of rotatable bonds is 4. The molecule has 106 valence electrons. The van der Waals surface area contributed by atoms with Crippen LogP contribution in [0.15, 0.2) is 29.4 Å². The van der Waals surface area contributed by atoms with Crippen molar-refractivity contribution in [3.8, 4) is 0 Å². The second-order valence-corrected chi connectivity index (χ2v) is 3.66. The van der Waals surface area contributed by atoms with Crippen LogP contribution in [0.3, 0.4) is 0 Å². The van der Waals surface area contributed by atoms with Gasteiger partial charge in [-0.1, -0.05) is 12.1 Å². The molecule has 0 aliphatic carbocycles. The van der Waals surface area contributed by atoms with Gasteiger partial charge in [0.25, 0.3) is 11.6 Å². The highest BCUT2D eigenvalue weighted by atomic mass is 35.5. The Kier molecular flexibility index (Phi) is 4.98. The van der Waals surface area contributed by atoms with E-state index in [1.165, 1.54) is 23.0 Å². The molecule has 0 bridgehead atoms. The third kappa shape index (κ3) is 3.42. The van der Waals surface area contributed by atoms with Crippen molar-refractivity contribution in [2.75, 3.05) is 11.3 Å². The Bertz CT molecular complexity index is 640. The number of hydrazone groups is 1. The Labute approximate surface area is 120 Å². The minimum atomic E-state index is -0.468. The average Bonchev–Trinajstić information content (AvgIpc) is 2.71. The molecular weight excluding hydrogens is 286 g/mol. The summed E-state index contributed by atoms with van der Waals surface area (Å²) in [5.41, 5.74) is 3.18. The molecule has 10 heteroatoms. The van der Waals surface area contributed by atoms with E-state index in [1.54, 1.807) is 19.1 Å². The summed E-state index contributed by atoms with van der Waals surface area (Å²) in [6.45, 7) is 1.70. The van der Waals surface area contributed by atoms with Crippen molar-refractivity contribution in [3.63, 3.8) is 0 Å². The molecule has 0 aliphatic heterocycles. The molecule has 0 saturated heterocycles. The monoisotopic (exact) mass is 297 g/mol. The molecule has 9 nitrogen and oxygen atoms in total. The minimum absolute atomic E-state index is 0. The number of nitro benzene ring substituents is 1. The number of aromatic nitrogens is 3. The first-order valence-corrected chi connectivity index (χ1v) is 5.28. The van der Waals surface area contributed by atoms with E-state index < -0.39 is 4.92 Å². The van der Waals surface area contributed by atoms with Gasteiger partial charge in [0.05, 0.1) is 11.1 Å². The van der Waals surface area contributed by atoms with Crippen molar-refractivity contribution in [2.24, 2.45) is 5.10 Å². The molecule has 0 amide bonds. The molecule has 3 N–H and O–H groups in total. The lowest BCUT2D eigenvalue weighted by molar-refractivity contribution is -0.384. The zero-order valence-corrected chi connectivity index (χ0v) is 11.2. The zero-order valence-electron chi connectivity index (χ0n) is 10.4. The molecule has 0 saturated carbocycles. The SMILES string of the molecule is Cc1nnc(N/N=C/c2cccc([N+](=O)[O-])c2)n1N.Cl. The molecule has 0 fully saturated rings. The normalized spacial score (nSPS) is 10.2. The fourth-order valence-electron chi connectivity index (χ4n) is 1.33. The van der Waals surface area contributed by atoms with Crippen molar-refractivity contribution in [1.82, 2.24) is 14.9 Å². The van der Waals surface area contributed by atoms with Crippen LogP contribution in [0.5, 0.6) is 0 Å². The minimum Gasteiger partial charge on any atom is -0.335 e. The molecule has 1 heterocycles. The predicted octanol–water partition coefficient (Wildman–Crippen LogP) is 1.08. The van der Waals surface area contributed by atoms with Crippen molar-refractivity contribution >= 4 is 30.3 Å². The van der Waals surface area contributed by atoms with Gasteiger partial charge < -0.3 is 5.84 Å². The predicted molar refractivity (Wildman–Crippen MR) is 76.5 cm³/mol. The first-order valence-electron chi connectivity index (χ1n) is 5.28. The second-order valence-electron chi connectivity index (χ2n) is 3.66. The van der Waals surface area contributed by atoms with Gasteiger partial charge in [-0.25, -0.2) is 10.1 Å². The molecule has 0 radical (unpaired) electrons. The molecule has 1 aromatic heterocycles.